The van der Waals surface area contributed by atoms with Crippen LogP contribution in [0.4, 0.5) is 5.69 Å². The Kier molecular flexibility index (Phi) is 4.46. The van der Waals surface area contributed by atoms with Gasteiger partial charge in [0, 0.05) is 21.8 Å². The molecule has 122 valence electrons. The SMILES string of the molecule is CC(C)(C)c1cc(Br)cc(/C=N/c2ccc3ccccc3c2)c1O. The molecule has 0 saturated heterocycles. The third kappa shape index (κ3) is 3.51. The number of aromatic hydroxyl groups is 1. The van der Waals surface area contributed by atoms with Gasteiger partial charge in [0.2, 0.25) is 0 Å². The average Bonchev–Trinajstić information content (AvgIpc) is 2.54. The Balaban J connectivity index is 2.00. The summed E-state index contributed by atoms with van der Waals surface area (Å²) in [5.74, 6) is 0.287. The quantitative estimate of drug-likeness (QED) is 0.514. The van der Waals surface area contributed by atoms with Gasteiger partial charge in [-0.05, 0) is 40.5 Å². The summed E-state index contributed by atoms with van der Waals surface area (Å²) in [4.78, 5) is 4.55. The van der Waals surface area contributed by atoms with Crippen molar-refractivity contribution in [3.8, 4) is 5.75 Å². The lowest BCUT2D eigenvalue weighted by Gasteiger charge is -2.21. The number of hydrogen-bond donors (Lipinski definition) is 1. The number of hydrogen-bond acceptors (Lipinski definition) is 2. The van der Waals surface area contributed by atoms with Crippen LogP contribution in [0.25, 0.3) is 10.8 Å². The molecule has 0 bridgehead atoms. The van der Waals surface area contributed by atoms with Crippen LogP contribution in [0, 0.1) is 0 Å². The van der Waals surface area contributed by atoms with Crippen LogP contribution >= 0.6 is 15.9 Å². The van der Waals surface area contributed by atoms with Crippen LogP contribution < -0.4 is 0 Å². The van der Waals surface area contributed by atoms with Crippen molar-refractivity contribution in [2.45, 2.75) is 26.2 Å². The third-order valence-corrected chi connectivity index (χ3v) is 4.46. The molecule has 0 atom stereocenters. The summed E-state index contributed by atoms with van der Waals surface area (Å²) in [6.45, 7) is 6.25. The van der Waals surface area contributed by atoms with Gasteiger partial charge in [-0.2, -0.15) is 0 Å². The summed E-state index contributed by atoms with van der Waals surface area (Å²) in [6.07, 6.45) is 1.72. The molecule has 0 aromatic heterocycles. The predicted molar refractivity (Wildman–Crippen MR) is 106 cm³/mol. The summed E-state index contributed by atoms with van der Waals surface area (Å²) in [5, 5.41) is 12.9. The molecule has 24 heavy (non-hydrogen) atoms. The van der Waals surface area contributed by atoms with Crippen molar-refractivity contribution >= 4 is 38.6 Å². The first-order chi connectivity index (χ1) is 11.3. The van der Waals surface area contributed by atoms with Crippen LogP contribution in [-0.4, -0.2) is 11.3 Å². The van der Waals surface area contributed by atoms with E-state index in [-0.39, 0.29) is 11.2 Å². The highest BCUT2D eigenvalue weighted by atomic mass is 79.9. The molecule has 3 heteroatoms. The Bertz CT molecular complexity index is 923. The summed E-state index contributed by atoms with van der Waals surface area (Å²) < 4.78 is 0.935. The van der Waals surface area contributed by atoms with Gasteiger partial charge < -0.3 is 5.11 Å². The Labute approximate surface area is 151 Å². The molecule has 0 aliphatic carbocycles. The Hall–Kier alpha value is -2.13. The van der Waals surface area contributed by atoms with E-state index < -0.39 is 0 Å². The molecule has 3 rings (SSSR count). The minimum Gasteiger partial charge on any atom is -0.507 e. The van der Waals surface area contributed by atoms with Crippen LogP contribution in [-0.2, 0) is 5.41 Å². The average molecular weight is 382 g/mol. The van der Waals surface area contributed by atoms with Crippen LogP contribution in [0.15, 0.2) is 64.1 Å². The van der Waals surface area contributed by atoms with Crippen molar-refractivity contribution in [1.29, 1.82) is 0 Å². The van der Waals surface area contributed by atoms with E-state index in [4.69, 9.17) is 0 Å². The predicted octanol–water partition coefficient (Wildman–Crippen LogP) is 6.36. The molecule has 0 aliphatic heterocycles. The zero-order valence-corrected chi connectivity index (χ0v) is 15.6. The largest absolute Gasteiger partial charge is 0.507 e. The van der Waals surface area contributed by atoms with Crippen molar-refractivity contribution in [1.82, 2.24) is 0 Å². The second-order valence-electron chi connectivity index (χ2n) is 6.93. The second kappa shape index (κ2) is 6.40. The summed E-state index contributed by atoms with van der Waals surface area (Å²) in [6, 6.07) is 18.1. The molecule has 0 saturated carbocycles. The summed E-state index contributed by atoms with van der Waals surface area (Å²) in [5.41, 5.74) is 2.34. The molecule has 0 radical (unpaired) electrons. The van der Waals surface area contributed by atoms with Gasteiger partial charge in [-0.3, -0.25) is 4.99 Å². The summed E-state index contributed by atoms with van der Waals surface area (Å²) in [7, 11) is 0. The van der Waals surface area contributed by atoms with E-state index in [2.05, 4.69) is 59.9 Å². The number of nitrogens with zero attached hydrogens (tertiary/aromatic N) is 1. The zero-order valence-electron chi connectivity index (χ0n) is 14.0. The van der Waals surface area contributed by atoms with Gasteiger partial charge in [-0.15, -0.1) is 0 Å². The van der Waals surface area contributed by atoms with E-state index >= 15 is 0 Å². The Morgan fingerprint density at radius 2 is 1.67 bits per heavy atom. The van der Waals surface area contributed by atoms with Gasteiger partial charge in [0.1, 0.15) is 5.75 Å². The van der Waals surface area contributed by atoms with E-state index in [1.807, 2.05) is 36.4 Å². The molecule has 0 fully saturated rings. The van der Waals surface area contributed by atoms with Gasteiger partial charge >= 0.3 is 0 Å². The van der Waals surface area contributed by atoms with E-state index in [0.29, 0.717) is 5.56 Å². The van der Waals surface area contributed by atoms with Crippen LogP contribution in [0.2, 0.25) is 0 Å². The molecule has 3 aromatic rings. The number of fused-ring (bicyclic) bond motifs is 1. The first-order valence-electron chi connectivity index (χ1n) is 7.90. The topological polar surface area (TPSA) is 32.6 Å². The number of aliphatic imine (C=N–C) groups is 1. The number of halogens is 1. The van der Waals surface area contributed by atoms with E-state index in [9.17, 15) is 5.11 Å². The minimum absolute atomic E-state index is 0.139. The monoisotopic (exact) mass is 381 g/mol. The normalized spacial score (nSPS) is 12.2. The number of benzene rings is 3. The minimum atomic E-state index is -0.139. The van der Waals surface area contributed by atoms with Crippen LogP contribution in [0.3, 0.4) is 0 Å². The molecule has 3 aromatic carbocycles. The fourth-order valence-corrected chi connectivity index (χ4v) is 3.17. The number of rotatable bonds is 2. The highest BCUT2D eigenvalue weighted by molar-refractivity contribution is 9.10. The lowest BCUT2D eigenvalue weighted by atomic mass is 9.85. The molecule has 0 spiro atoms. The standard InChI is InChI=1S/C21H20BrNO/c1-21(2,3)19-12-17(22)10-16(20(19)24)13-23-18-9-8-14-6-4-5-7-15(14)11-18/h4-13,24H,1-3H3/b23-13+. The van der Waals surface area contributed by atoms with Gasteiger partial charge in [-0.1, -0.05) is 67.0 Å². The van der Waals surface area contributed by atoms with Gasteiger partial charge in [-0.25, -0.2) is 0 Å². The maximum absolute atomic E-state index is 10.6. The molecule has 2 nitrogen and oxygen atoms in total. The number of phenols is 1. The van der Waals surface area contributed by atoms with Crippen LogP contribution in [0.1, 0.15) is 31.9 Å². The van der Waals surface area contributed by atoms with Crippen molar-refractivity contribution in [3.63, 3.8) is 0 Å². The molecular formula is C21H20BrNO. The zero-order chi connectivity index (χ0) is 17.3. The lowest BCUT2D eigenvalue weighted by Crippen LogP contribution is -2.12. The molecule has 0 unspecified atom stereocenters. The smallest absolute Gasteiger partial charge is 0.128 e. The highest BCUT2D eigenvalue weighted by Crippen LogP contribution is 2.35. The van der Waals surface area contributed by atoms with Gasteiger partial charge in [0.15, 0.2) is 0 Å². The lowest BCUT2D eigenvalue weighted by molar-refractivity contribution is 0.445. The fraction of sp³-hybridized carbons (Fsp3) is 0.190. The highest BCUT2D eigenvalue weighted by Gasteiger charge is 2.20. The maximum atomic E-state index is 10.6. The van der Waals surface area contributed by atoms with E-state index in [1.165, 1.54) is 5.39 Å². The van der Waals surface area contributed by atoms with Gasteiger partial charge in [0.05, 0.1) is 5.69 Å². The first-order valence-corrected chi connectivity index (χ1v) is 8.70. The van der Waals surface area contributed by atoms with E-state index in [0.717, 1.165) is 21.1 Å². The number of phenolic OH excluding ortho intramolecular Hbond substituents is 1. The Morgan fingerprint density at radius 3 is 2.38 bits per heavy atom. The van der Waals surface area contributed by atoms with Crippen LogP contribution in [0.5, 0.6) is 5.75 Å². The fourth-order valence-electron chi connectivity index (χ4n) is 2.69. The van der Waals surface area contributed by atoms with Crippen molar-refractivity contribution in [2.24, 2.45) is 4.99 Å². The molecule has 1 N–H and O–H groups in total. The van der Waals surface area contributed by atoms with Gasteiger partial charge in [0.25, 0.3) is 0 Å². The maximum Gasteiger partial charge on any atom is 0.128 e. The Morgan fingerprint density at radius 1 is 0.958 bits per heavy atom. The van der Waals surface area contributed by atoms with E-state index in [1.54, 1.807) is 6.21 Å². The second-order valence-corrected chi connectivity index (χ2v) is 7.85. The molecule has 0 amide bonds. The van der Waals surface area contributed by atoms with Crippen molar-refractivity contribution < 1.29 is 5.11 Å². The van der Waals surface area contributed by atoms with Crippen molar-refractivity contribution in [3.05, 3.63) is 70.2 Å². The third-order valence-electron chi connectivity index (χ3n) is 4.00. The molecule has 0 heterocycles. The van der Waals surface area contributed by atoms with Crippen molar-refractivity contribution in [2.75, 3.05) is 0 Å². The first kappa shape index (κ1) is 16.7. The summed E-state index contributed by atoms with van der Waals surface area (Å²) >= 11 is 3.53. The molecule has 0 aliphatic rings. The molecular weight excluding hydrogens is 362 g/mol.